The van der Waals surface area contributed by atoms with Crippen molar-refractivity contribution >= 4 is 5.97 Å². The standard InChI is InChI=1S/C17H19NO2/c1-20-17(19)16-9-5-8-14(12-16)10-11-18-13-15-6-3-2-4-7-15/h2-9,12,18H,10-11,13H2,1H3. The Kier molecular flexibility index (Phi) is 5.33. The lowest BCUT2D eigenvalue weighted by Crippen LogP contribution is -2.16. The molecule has 2 aromatic rings. The SMILES string of the molecule is COC(=O)c1cccc(CCNCc2ccccc2)c1. The van der Waals surface area contributed by atoms with Gasteiger partial charge < -0.3 is 10.1 Å². The Hall–Kier alpha value is -2.13. The predicted molar refractivity (Wildman–Crippen MR) is 79.6 cm³/mol. The van der Waals surface area contributed by atoms with Crippen LogP contribution in [0.3, 0.4) is 0 Å². The van der Waals surface area contributed by atoms with Crippen LogP contribution >= 0.6 is 0 Å². The van der Waals surface area contributed by atoms with Gasteiger partial charge in [0.15, 0.2) is 0 Å². The molecule has 3 nitrogen and oxygen atoms in total. The number of hydrogen-bond donors (Lipinski definition) is 1. The normalized spacial score (nSPS) is 10.2. The van der Waals surface area contributed by atoms with Crippen molar-refractivity contribution in [2.75, 3.05) is 13.7 Å². The molecule has 0 atom stereocenters. The van der Waals surface area contributed by atoms with E-state index in [0.29, 0.717) is 5.56 Å². The van der Waals surface area contributed by atoms with Crippen molar-refractivity contribution in [2.24, 2.45) is 0 Å². The van der Waals surface area contributed by atoms with Crippen LogP contribution in [0.15, 0.2) is 54.6 Å². The molecule has 0 saturated heterocycles. The maximum atomic E-state index is 11.4. The minimum atomic E-state index is -0.288. The Bertz CT molecular complexity index is 552. The van der Waals surface area contributed by atoms with Crippen molar-refractivity contribution in [1.82, 2.24) is 5.32 Å². The van der Waals surface area contributed by atoms with Crippen LogP contribution in [0.1, 0.15) is 21.5 Å². The third kappa shape index (κ3) is 4.21. The predicted octanol–water partition coefficient (Wildman–Crippen LogP) is 2.81. The van der Waals surface area contributed by atoms with E-state index in [0.717, 1.165) is 25.1 Å². The van der Waals surface area contributed by atoms with E-state index in [-0.39, 0.29) is 5.97 Å². The van der Waals surface area contributed by atoms with Gasteiger partial charge in [-0.3, -0.25) is 0 Å². The summed E-state index contributed by atoms with van der Waals surface area (Å²) in [6.45, 7) is 1.73. The minimum absolute atomic E-state index is 0.288. The van der Waals surface area contributed by atoms with E-state index in [1.165, 1.54) is 12.7 Å². The summed E-state index contributed by atoms with van der Waals surface area (Å²) in [6, 6.07) is 17.9. The van der Waals surface area contributed by atoms with E-state index in [1.54, 1.807) is 6.07 Å². The van der Waals surface area contributed by atoms with Crippen molar-refractivity contribution in [3.8, 4) is 0 Å². The topological polar surface area (TPSA) is 38.3 Å². The first kappa shape index (κ1) is 14.3. The summed E-state index contributed by atoms with van der Waals surface area (Å²) < 4.78 is 4.72. The number of benzene rings is 2. The number of rotatable bonds is 6. The van der Waals surface area contributed by atoms with Gasteiger partial charge in [-0.1, -0.05) is 42.5 Å². The molecule has 0 heterocycles. The van der Waals surface area contributed by atoms with Gasteiger partial charge in [0.05, 0.1) is 12.7 Å². The summed E-state index contributed by atoms with van der Waals surface area (Å²) in [7, 11) is 1.40. The smallest absolute Gasteiger partial charge is 0.337 e. The van der Waals surface area contributed by atoms with Crippen molar-refractivity contribution in [3.63, 3.8) is 0 Å². The molecule has 0 unspecified atom stereocenters. The molecule has 1 N–H and O–H groups in total. The van der Waals surface area contributed by atoms with E-state index in [2.05, 4.69) is 17.4 Å². The van der Waals surface area contributed by atoms with Gasteiger partial charge in [0.25, 0.3) is 0 Å². The fourth-order valence-electron chi connectivity index (χ4n) is 2.03. The van der Waals surface area contributed by atoms with Crippen LogP contribution < -0.4 is 5.32 Å². The maximum absolute atomic E-state index is 11.4. The molecule has 0 saturated carbocycles. The average Bonchev–Trinajstić information content (AvgIpc) is 2.52. The molecule has 0 spiro atoms. The molecule has 0 fully saturated rings. The van der Waals surface area contributed by atoms with Crippen molar-refractivity contribution < 1.29 is 9.53 Å². The van der Waals surface area contributed by atoms with Crippen molar-refractivity contribution in [1.29, 1.82) is 0 Å². The van der Waals surface area contributed by atoms with Gasteiger partial charge in [0.1, 0.15) is 0 Å². The van der Waals surface area contributed by atoms with E-state index < -0.39 is 0 Å². The summed E-state index contributed by atoms with van der Waals surface area (Å²) in [4.78, 5) is 11.4. The third-order valence-electron chi connectivity index (χ3n) is 3.11. The Morgan fingerprint density at radius 2 is 1.80 bits per heavy atom. The van der Waals surface area contributed by atoms with Crippen LogP contribution in [0.4, 0.5) is 0 Å². The molecule has 0 aromatic heterocycles. The fraction of sp³-hybridized carbons (Fsp3) is 0.235. The van der Waals surface area contributed by atoms with Gasteiger partial charge in [-0.05, 0) is 36.2 Å². The molecular weight excluding hydrogens is 250 g/mol. The summed E-state index contributed by atoms with van der Waals surface area (Å²) in [5.41, 5.74) is 3.01. The van der Waals surface area contributed by atoms with Crippen LogP contribution in [-0.4, -0.2) is 19.6 Å². The number of hydrogen-bond acceptors (Lipinski definition) is 3. The highest BCUT2D eigenvalue weighted by molar-refractivity contribution is 5.89. The Balaban J connectivity index is 1.81. The zero-order chi connectivity index (χ0) is 14.2. The molecule has 0 aliphatic carbocycles. The first-order chi connectivity index (χ1) is 9.79. The van der Waals surface area contributed by atoms with Gasteiger partial charge in [0.2, 0.25) is 0 Å². The lowest BCUT2D eigenvalue weighted by Gasteiger charge is -2.06. The summed E-state index contributed by atoms with van der Waals surface area (Å²) >= 11 is 0. The lowest BCUT2D eigenvalue weighted by atomic mass is 10.1. The van der Waals surface area contributed by atoms with Crippen LogP contribution in [0.2, 0.25) is 0 Å². The third-order valence-corrected chi connectivity index (χ3v) is 3.11. The van der Waals surface area contributed by atoms with E-state index >= 15 is 0 Å². The summed E-state index contributed by atoms with van der Waals surface area (Å²) in [6.07, 6.45) is 0.887. The molecule has 20 heavy (non-hydrogen) atoms. The second kappa shape index (κ2) is 7.46. The van der Waals surface area contributed by atoms with Crippen LogP contribution in [-0.2, 0) is 17.7 Å². The Labute approximate surface area is 119 Å². The molecule has 2 rings (SSSR count). The molecule has 0 bridgehead atoms. The highest BCUT2D eigenvalue weighted by atomic mass is 16.5. The van der Waals surface area contributed by atoms with Crippen LogP contribution in [0.25, 0.3) is 0 Å². The average molecular weight is 269 g/mol. The number of methoxy groups -OCH3 is 1. The number of esters is 1. The molecule has 2 aromatic carbocycles. The first-order valence-corrected chi connectivity index (χ1v) is 6.71. The quantitative estimate of drug-likeness (QED) is 0.647. The Morgan fingerprint density at radius 3 is 2.55 bits per heavy atom. The molecule has 104 valence electrons. The second-order valence-corrected chi connectivity index (χ2v) is 4.60. The number of ether oxygens (including phenoxy) is 1. The van der Waals surface area contributed by atoms with E-state index in [9.17, 15) is 4.79 Å². The second-order valence-electron chi connectivity index (χ2n) is 4.60. The zero-order valence-electron chi connectivity index (χ0n) is 11.6. The molecular formula is C17H19NO2. The van der Waals surface area contributed by atoms with Gasteiger partial charge in [-0.15, -0.1) is 0 Å². The van der Waals surface area contributed by atoms with E-state index in [4.69, 9.17) is 4.74 Å². The maximum Gasteiger partial charge on any atom is 0.337 e. The van der Waals surface area contributed by atoms with Gasteiger partial charge in [0, 0.05) is 6.54 Å². The molecule has 0 radical (unpaired) electrons. The van der Waals surface area contributed by atoms with Gasteiger partial charge >= 0.3 is 5.97 Å². The number of carbonyl (C=O) groups is 1. The summed E-state index contributed by atoms with van der Waals surface area (Å²) in [5.74, 6) is -0.288. The molecule has 0 amide bonds. The van der Waals surface area contributed by atoms with E-state index in [1.807, 2.05) is 36.4 Å². The summed E-state index contributed by atoms with van der Waals surface area (Å²) in [5, 5.41) is 3.40. The zero-order valence-corrected chi connectivity index (χ0v) is 11.6. The van der Waals surface area contributed by atoms with Gasteiger partial charge in [-0.25, -0.2) is 4.79 Å². The first-order valence-electron chi connectivity index (χ1n) is 6.71. The molecule has 3 heteroatoms. The largest absolute Gasteiger partial charge is 0.465 e. The number of carbonyl (C=O) groups excluding carboxylic acids is 1. The van der Waals surface area contributed by atoms with Gasteiger partial charge in [-0.2, -0.15) is 0 Å². The monoisotopic (exact) mass is 269 g/mol. The van der Waals surface area contributed by atoms with Crippen molar-refractivity contribution in [3.05, 3.63) is 71.3 Å². The highest BCUT2D eigenvalue weighted by Crippen LogP contribution is 2.07. The number of nitrogens with one attached hydrogen (secondary N) is 1. The Morgan fingerprint density at radius 1 is 1.05 bits per heavy atom. The van der Waals surface area contributed by atoms with Crippen LogP contribution in [0, 0.1) is 0 Å². The minimum Gasteiger partial charge on any atom is -0.465 e. The highest BCUT2D eigenvalue weighted by Gasteiger charge is 2.05. The molecule has 0 aliphatic rings. The van der Waals surface area contributed by atoms with Crippen molar-refractivity contribution in [2.45, 2.75) is 13.0 Å². The van der Waals surface area contributed by atoms with Crippen LogP contribution in [0.5, 0.6) is 0 Å². The molecule has 0 aliphatic heterocycles. The fourth-order valence-corrected chi connectivity index (χ4v) is 2.03. The lowest BCUT2D eigenvalue weighted by molar-refractivity contribution is 0.0600.